The van der Waals surface area contributed by atoms with Crippen molar-refractivity contribution in [1.82, 2.24) is 14.5 Å². The van der Waals surface area contributed by atoms with Gasteiger partial charge in [-0.1, -0.05) is 48.0 Å². The Hall–Kier alpha value is -4.36. The Morgan fingerprint density at radius 3 is 2.53 bits per heavy atom. The maximum Gasteiger partial charge on any atom is 0.264 e. The molecule has 0 aliphatic rings. The third kappa shape index (κ3) is 4.25. The molecule has 180 valence electrons. The van der Waals surface area contributed by atoms with E-state index < -0.39 is 0 Å². The summed E-state index contributed by atoms with van der Waals surface area (Å²) in [5, 5.41) is 5.11. The standard InChI is InChI=1S/C28H25ClN6O/c1-16-11-12-19(30)14-21(16)22-15-32-28(31)34-26(22)33-17(2)24-13-18-7-6-10-23(29)25(18)27(36)35(24)20-8-4-3-5-9-20/h3-15,17H,30H2,1-2H3,(H3,31,32,33,34)/t17-/m0/s1. The number of aryl methyl sites for hydroxylation is 1. The number of nitrogens with one attached hydrogen (secondary N) is 1. The van der Waals surface area contributed by atoms with Crippen molar-refractivity contribution in [2.45, 2.75) is 19.9 Å². The predicted molar refractivity (Wildman–Crippen MR) is 148 cm³/mol. The topological polar surface area (TPSA) is 112 Å². The van der Waals surface area contributed by atoms with E-state index in [1.165, 1.54) is 0 Å². The maximum absolute atomic E-state index is 13.7. The van der Waals surface area contributed by atoms with Gasteiger partial charge in [0.2, 0.25) is 5.95 Å². The zero-order valence-corrected chi connectivity index (χ0v) is 20.6. The molecule has 0 saturated carbocycles. The number of fused-ring (bicyclic) bond motifs is 1. The van der Waals surface area contributed by atoms with E-state index in [2.05, 4.69) is 15.3 Å². The largest absolute Gasteiger partial charge is 0.399 e. The molecule has 8 heteroatoms. The van der Waals surface area contributed by atoms with E-state index in [0.29, 0.717) is 21.9 Å². The van der Waals surface area contributed by atoms with Crippen molar-refractivity contribution < 1.29 is 0 Å². The first kappa shape index (κ1) is 23.4. The fourth-order valence-electron chi connectivity index (χ4n) is 4.41. The first-order chi connectivity index (χ1) is 17.3. The molecule has 0 amide bonds. The van der Waals surface area contributed by atoms with Gasteiger partial charge in [0.15, 0.2) is 0 Å². The summed E-state index contributed by atoms with van der Waals surface area (Å²) in [4.78, 5) is 22.4. The number of nitrogen functional groups attached to an aromatic ring is 2. The van der Waals surface area contributed by atoms with Crippen molar-refractivity contribution in [3.05, 3.63) is 106 Å². The minimum atomic E-state index is -0.337. The molecule has 0 radical (unpaired) electrons. The molecule has 0 bridgehead atoms. The monoisotopic (exact) mass is 496 g/mol. The molecule has 5 N–H and O–H groups in total. The van der Waals surface area contributed by atoms with Crippen LogP contribution in [0.4, 0.5) is 17.5 Å². The van der Waals surface area contributed by atoms with Gasteiger partial charge in [0, 0.05) is 28.8 Å². The minimum absolute atomic E-state index is 0.140. The summed E-state index contributed by atoms with van der Waals surface area (Å²) in [5.74, 6) is 0.683. The lowest BCUT2D eigenvalue weighted by Crippen LogP contribution is -2.26. The van der Waals surface area contributed by atoms with E-state index in [1.807, 2.05) is 80.6 Å². The molecular formula is C28H25ClN6O. The Labute approximate surface area is 213 Å². The lowest BCUT2D eigenvalue weighted by molar-refractivity contribution is 0.773. The van der Waals surface area contributed by atoms with Gasteiger partial charge < -0.3 is 16.8 Å². The van der Waals surface area contributed by atoms with Gasteiger partial charge in [-0.05, 0) is 66.8 Å². The van der Waals surface area contributed by atoms with Crippen molar-refractivity contribution in [1.29, 1.82) is 0 Å². The van der Waals surface area contributed by atoms with E-state index >= 15 is 0 Å². The summed E-state index contributed by atoms with van der Waals surface area (Å²) in [7, 11) is 0. The van der Waals surface area contributed by atoms with Gasteiger partial charge in [0.1, 0.15) is 5.82 Å². The fraction of sp³-hybridized carbons (Fsp3) is 0.107. The first-order valence-electron chi connectivity index (χ1n) is 11.5. The van der Waals surface area contributed by atoms with Crippen molar-refractivity contribution in [3.8, 4) is 16.8 Å². The number of anilines is 3. The summed E-state index contributed by atoms with van der Waals surface area (Å²) in [5.41, 5.74) is 16.6. The first-order valence-corrected chi connectivity index (χ1v) is 11.9. The molecule has 1 atom stereocenters. The molecule has 7 nitrogen and oxygen atoms in total. The van der Waals surface area contributed by atoms with Crippen LogP contribution in [-0.4, -0.2) is 14.5 Å². The molecule has 36 heavy (non-hydrogen) atoms. The minimum Gasteiger partial charge on any atom is -0.399 e. The highest BCUT2D eigenvalue weighted by Crippen LogP contribution is 2.33. The van der Waals surface area contributed by atoms with E-state index in [1.54, 1.807) is 16.8 Å². The maximum atomic E-state index is 13.7. The number of aromatic nitrogens is 3. The van der Waals surface area contributed by atoms with Gasteiger partial charge in [-0.2, -0.15) is 4.98 Å². The number of benzene rings is 3. The molecule has 5 rings (SSSR count). The summed E-state index contributed by atoms with van der Waals surface area (Å²) in [6.07, 6.45) is 1.68. The fourth-order valence-corrected chi connectivity index (χ4v) is 4.68. The van der Waals surface area contributed by atoms with Crippen LogP contribution in [0.3, 0.4) is 0 Å². The molecule has 0 spiro atoms. The van der Waals surface area contributed by atoms with Crippen LogP contribution in [0.2, 0.25) is 5.02 Å². The van der Waals surface area contributed by atoms with Crippen LogP contribution >= 0.6 is 11.6 Å². The van der Waals surface area contributed by atoms with Gasteiger partial charge in [-0.25, -0.2) is 4.98 Å². The SMILES string of the molecule is Cc1ccc(N)cc1-c1cnc(N)nc1N[C@@H](C)c1cc2cccc(Cl)c2c(=O)n1-c1ccccc1. The molecule has 2 aromatic heterocycles. The molecule has 2 heterocycles. The van der Waals surface area contributed by atoms with Crippen molar-refractivity contribution >= 4 is 39.8 Å². The zero-order chi connectivity index (χ0) is 25.4. The summed E-state index contributed by atoms with van der Waals surface area (Å²) < 4.78 is 1.68. The second kappa shape index (κ2) is 9.36. The molecule has 0 saturated heterocycles. The molecule has 0 unspecified atom stereocenters. The van der Waals surface area contributed by atoms with Crippen LogP contribution in [0, 0.1) is 6.92 Å². The van der Waals surface area contributed by atoms with Crippen LogP contribution in [0.15, 0.2) is 83.8 Å². The molecule has 0 aliphatic carbocycles. The number of rotatable bonds is 5. The third-order valence-electron chi connectivity index (χ3n) is 6.19. The number of hydrogen-bond acceptors (Lipinski definition) is 6. The number of hydrogen-bond donors (Lipinski definition) is 3. The Bertz CT molecular complexity index is 1650. The number of halogens is 1. The molecule has 5 aromatic rings. The van der Waals surface area contributed by atoms with Crippen LogP contribution in [0.25, 0.3) is 27.6 Å². The van der Waals surface area contributed by atoms with Crippen molar-refractivity contribution in [2.24, 2.45) is 0 Å². The Kier molecular flexibility index (Phi) is 6.08. The Morgan fingerprint density at radius 2 is 1.75 bits per heavy atom. The van der Waals surface area contributed by atoms with E-state index in [9.17, 15) is 4.79 Å². The number of pyridine rings is 1. The quantitative estimate of drug-likeness (QED) is 0.267. The smallest absolute Gasteiger partial charge is 0.264 e. The average molecular weight is 497 g/mol. The third-order valence-corrected chi connectivity index (χ3v) is 6.51. The highest BCUT2D eigenvalue weighted by Gasteiger charge is 2.20. The van der Waals surface area contributed by atoms with Crippen molar-refractivity contribution in [3.63, 3.8) is 0 Å². The second-order valence-electron chi connectivity index (χ2n) is 8.68. The van der Waals surface area contributed by atoms with Crippen LogP contribution in [0.5, 0.6) is 0 Å². The van der Waals surface area contributed by atoms with Crippen LogP contribution in [-0.2, 0) is 0 Å². The van der Waals surface area contributed by atoms with Gasteiger partial charge in [-0.15, -0.1) is 0 Å². The van der Waals surface area contributed by atoms with Gasteiger partial charge in [-0.3, -0.25) is 9.36 Å². The highest BCUT2D eigenvalue weighted by atomic mass is 35.5. The molecule has 0 fully saturated rings. The number of nitrogens with two attached hydrogens (primary N) is 2. The molecule has 3 aromatic carbocycles. The predicted octanol–water partition coefficient (Wildman–Crippen LogP) is 5.75. The van der Waals surface area contributed by atoms with E-state index in [4.69, 9.17) is 23.1 Å². The van der Waals surface area contributed by atoms with Gasteiger partial charge in [0.05, 0.1) is 16.5 Å². The van der Waals surface area contributed by atoms with Gasteiger partial charge >= 0.3 is 0 Å². The number of para-hydroxylation sites is 1. The van der Waals surface area contributed by atoms with Crippen LogP contribution in [0.1, 0.15) is 24.2 Å². The average Bonchev–Trinajstić information content (AvgIpc) is 2.86. The molecule has 0 aliphatic heterocycles. The van der Waals surface area contributed by atoms with E-state index in [0.717, 1.165) is 33.5 Å². The van der Waals surface area contributed by atoms with Crippen LogP contribution < -0.4 is 22.3 Å². The summed E-state index contributed by atoms with van der Waals surface area (Å²) in [6.45, 7) is 3.97. The normalized spacial score (nSPS) is 12.0. The lowest BCUT2D eigenvalue weighted by atomic mass is 10.0. The Balaban J connectivity index is 1.68. The lowest BCUT2D eigenvalue weighted by Gasteiger charge is -2.23. The number of nitrogens with zero attached hydrogens (tertiary/aromatic N) is 3. The Morgan fingerprint density at radius 1 is 0.972 bits per heavy atom. The summed E-state index contributed by atoms with van der Waals surface area (Å²) >= 11 is 6.45. The summed E-state index contributed by atoms with van der Waals surface area (Å²) in [6, 6.07) is 22.3. The zero-order valence-electron chi connectivity index (χ0n) is 19.9. The van der Waals surface area contributed by atoms with E-state index in [-0.39, 0.29) is 17.5 Å². The second-order valence-corrected chi connectivity index (χ2v) is 9.09. The highest BCUT2D eigenvalue weighted by molar-refractivity contribution is 6.35. The molecular weight excluding hydrogens is 472 g/mol. The van der Waals surface area contributed by atoms with Gasteiger partial charge in [0.25, 0.3) is 5.56 Å². The van der Waals surface area contributed by atoms with Crippen molar-refractivity contribution in [2.75, 3.05) is 16.8 Å².